The molecule has 0 aliphatic carbocycles. The second kappa shape index (κ2) is 9.57. The minimum absolute atomic E-state index is 0.0435. The van der Waals surface area contributed by atoms with Crippen LogP contribution in [0.5, 0.6) is 0 Å². The summed E-state index contributed by atoms with van der Waals surface area (Å²) < 4.78 is 1.96. The van der Waals surface area contributed by atoms with Gasteiger partial charge in [0.2, 0.25) is 0 Å². The fraction of sp³-hybridized carbons (Fsp3) is 0.125. The van der Waals surface area contributed by atoms with E-state index in [-0.39, 0.29) is 17.2 Å². The van der Waals surface area contributed by atoms with Gasteiger partial charge in [0.25, 0.3) is 5.69 Å². The molecule has 1 aromatic heterocycles. The smallest absolute Gasteiger partial charge is 0.269 e. The fourth-order valence-corrected chi connectivity index (χ4v) is 4.33. The summed E-state index contributed by atoms with van der Waals surface area (Å²) in [5.41, 5.74) is 1.53. The highest BCUT2D eigenvalue weighted by Gasteiger charge is 2.16. The highest BCUT2D eigenvalue weighted by Crippen LogP contribution is 2.24. The number of hydrogen-bond acceptors (Lipinski definition) is 6. The van der Waals surface area contributed by atoms with Gasteiger partial charge in [0.1, 0.15) is 5.82 Å². The van der Waals surface area contributed by atoms with Gasteiger partial charge in [-0.25, -0.2) is 0 Å². The molecule has 0 N–H and O–H groups in total. The van der Waals surface area contributed by atoms with Crippen LogP contribution in [0.4, 0.5) is 5.69 Å². The van der Waals surface area contributed by atoms with Crippen molar-refractivity contribution >= 4 is 34.0 Å². The zero-order valence-electron chi connectivity index (χ0n) is 17.2. The molecule has 0 spiro atoms. The fourth-order valence-electron chi connectivity index (χ4n) is 3.47. The number of thioether (sulfide) groups is 1. The molecule has 7 nitrogen and oxygen atoms in total. The lowest BCUT2D eigenvalue weighted by Crippen LogP contribution is -2.07. The molecular weight excluding hydrogens is 424 g/mol. The lowest BCUT2D eigenvalue weighted by Gasteiger charge is -2.09. The summed E-state index contributed by atoms with van der Waals surface area (Å²) in [6, 6.07) is 20.0. The standard InChI is InChI=1S/C24H20N4O3S/c1-2-14-27-23(15-19-8-5-7-17-6-3-4-9-21(17)19)25-26-24(27)32-16-22(29)18-10-12-20(13-11-18)28(30)31/h2-13H,1,14-16H2. The van der Waals surface area contributed by atoms with Gasteiger partial charge in [0.15, 0.2) is 10.9 Å². The van der Waals surface area contributed by atoms with Gasteiger partial charge in [-0.3, -0.25) is 14.9 Å². The summed E-state index contributed by atoms with van der Waals surface area (Å²) in [6.07, 6.45) is 2.39. The van der Waals surface area contributed by atoms with Crippen molar-refractivity contribution < 1.29 is 9.72 Å². The van der Waals surface area contributed by atoms with Crippen molar-refractivity contribution in [2.24, 2.45) is 0 Å². The van der Waals surface area contributed by atoms with Crippen molar-refractivity contribution in [1.82, 2.24) is 14.8 Å². The molecule has 0 saturated heterocycles. The van der Waals surface area contributed by atoms with E-state index >= 15 is 0 Å². The Bertz CT molecular complexity index is 1290. The largest absolute Gasteiger partial charge is 0.302 e. The predicted molar refractivity (Wildman–Crippen MR) is 125 cm³/mol. The lowest BCUT2D eigenvalue weighted by atomic mass is 10.0. The Hall–Kier alpha value is -3.78. The van der Waals surface area contributed by atoms with Gasteiger partial charge in [-0.05, 0) is 28.5 Å². The number of hydrogen-bond donors (Lipinski definition) is 0. The van der Waals surface area contributed by atoms with E-state index in [4.69, 9.17) is 0 Å². The number of aromatic nitrogens is 3. The molecule has 0 aliphatic heterocycles. The number of carbonyl (C=O) groups is 1. The Morgan fingerprint density at radius 1 is 1.06 bits per heavy atom. The lowest BCUT2D eigenvalue weighted by molar-refractivity contribution is -0.384. The highest BCUT2D eigenvalue weighted by molar-refractivity contribution is 7.99. The normalized spacial score (nSPS) is 10.9. The molecule has 0 saturated carbocycles. The molecule has 0 atom stereocenters. The molecular formula is C24H20N4O3S. The maximum atomic E-state index is 12.5. The molecule has 0 aliphatic rings. The van der Waals surface area contributed by atoms with Crippen LogP contribution < -0.4 is 0 Å². The molecule has 3 aromatic carbocycles. The summed E-state index contributed by atoms with van der Waals surface area (Å²) in [5, 5.41) is 22.4. The van der Waals surface area contributed by atoms with Gasteiger partial charge in [-0.2, -0.15) is 0 Å². The predicted octanol–water partition coefficient (Wildman–Crippen LogP) is 5.09. The Labute approximate surface area is 188 Å². The van der Waals surface area contributed by atoms with E-state index in [1.54, 1.807) is 6.08 Å². The minimum Gasteiger partial charge on any atom is -0.302 e. The highest BCUT2D eigenvalue weighted by atomic mass is 32.2. The average molecular weight is 445 g/mol. The van der Waals surface area contributed by atoms with Gasteiger partial charge in [0.05, 0.1) is 10.7 Å². The molecule has 4 rings (SSSR count). The van der Waals surface area contributed by atoms with Crippen molar-refractivity contribution in [3.05, 3.63) is 106 Å². The van der Waals surface area contributed by atoms with Crippen LogP contribution in [0.25, 0.3) is 10.8 Å². The van der Waals surface area contributed by atoms with Crippen molar-refractivity contribution in [2.75, 3.05) is 5.75 Å². The van der Waals surface area contributed by atoms with Crippen molar-refractivity contribution in [2.45, 2.75) is 18.1 Å². The third-order valence-electron chi connectivity index (χ3n) is 5.07. The molecule has 0 unspecified atom stereocenters. The second-order valence-electron chi connectivity index (χ2n) is 7.13. The summed E-state index contributed by atoms with van der Waals surface area (Å²) in [7, 11) is 0. The van der Waals surface area contributed by atoms with Crippen LogP contribution in [0, 0.1) is 10.1 Å². The molecule has 160 valence electrons. The van der Waals surface area contributed by atoms with Crippen molar-refractivity contribution in [3.8, 4) is 0 Å². The first kappa shape index (κ1) is 21.5. The number of carbonyl (C=O) groups excluding carboxylic acids is 1. The maximum Gasteiger partial charge on any atom is 0.269 e. The number of nitrogens with zero attached hydrogens (tertiary/aromatic N) is 4. The summed E-state index contributed by atoms with van der Waals surface area (Å²) in [4.78, 5) is 22.8. The molecule has 0 bridgehead atoms. The molecule has 4 aromatic rings. The van der Waals surface area contributed by atoms with Crippen molar-refractivity contribution in [1.29, 1.82) is 0 Å². The van der Waals surface area contributed by atoms with Crippen LogP contribution in [0.2, 0.25) is 0 Å². The Morgan fingerprint density at radius 3 is 2.56 bits per heavy atom. The van der Waals surface area contributed by atoms with Gasteiger partial charge in [-0.1, -0.05) is 60.3 Å². The van der Waals surface area contributed by atoms with Crippen LogP contribution in [0.1, 0.15) is 21.7 Å². The number of non-ortho nitro benzene ring substituents is 1. The van der Waals surface area contributed by atoms with E-state index in [1.807, 2.05) is 22.8 Å². The SMILES string of the molecule is C=CCn1c(Cc2cccc3ccccc23)nnc1SCC(=O)c1ccc([N+](=O)[O-])cc1. The van der Waals surface area contributed by atoms with E-state index in [2.05, 4.69) is 41.0 Å². The Kier molecular flexibility index (Phi) is 6.42. The number of benzene rings is 3. The number of nitro groups is 1. The van der Waals surface area contributed by atoms with Gasteiger partial charge in [-0.15, -0.1) is 16.8 Å². The van der Waals surface area contributed by atoms with Crippen LogP contribution in [-0.2, 0) is 13.0 Å². The maximum absolute atomic E-state index is 12.5. The van der Waals surface area contributed by atoms with Crippen LogP contribution in [0.3, 0.4) is 0 Å². The van der Waals surface area contributed by atoms with Crippen LogP contribution in [0.15, 0.2) is 84.5 Å². The number of Topliss-reactive ketones (excluding diaryl/α,β-unsaturated/α-hetero) is 1. The number of rotatable bonds is 9. The van der Waals surface area contributed by atoms with E-state index in [0.717, 1.165) is 11.4 Å². The summed E-state index contributed by atoms with van der Waals surface area (Å²) in [5.74, 6) is 0.821. The van der Waals surface area contributed by atoms with Gasteiger partial charge in [0, 0.05) is 30.7 Å². The van der Waals surface area contributed by atoms with Crippen molar-refractivity contribution in [3.63, 3.8) is 0 Å². The molecule has 0 radical (unpaired) electrons. The Morgan fingerprint density at radius 2 is 1.81 bits per heavy atom. The van der Waals surface area contributed by atoms with E-state index in [9.17, 15) is 14.9 Å². The quantitative estimate of drug-likeness (QED) is 0.117. The average Bonchev–Trinajstić information content (AvgIpc) is 3.19. The van der Waals surface area contributed by atoms with E-state index in [0.29, 0.717) is 23.7 Å². The first-order chi connectivity index (χ1) is 15.6. The molecule has 32 heavy (non-hydrogen) atoms. The Balaban J connectivity index is 1.52. The molecule has 1 heterocycles. The molecule has 0 amide bonds. The number of ketones is 1. The molecule has 0 fully saturated rings. The zero-order valence-corrected chi connectivity index (χ0v) is 18.0. The first-order valence-corrected chi connectivity index (χ1v) is 11.0. The van der Waals surface area contributed by atoms with Gasteiger partial charge >= 0.3 is 0 Å². The van der Waals surface area contributed by atoms with Crippen LogP contribution >= 0.6 is 11.8 Å². The van der Waals surface area contributed by atoms with E-state index in [1.165, 1.54) is 46.8 Å². The molecule has 8 heteroatoms. The van der Waals surface area contributed by atoms with E-state index < -0.39 is 4.92 Å². The van der Waals surface area contributed by atoms with Crippen LogP contribution in [-0.4, -0.2) is 31.2 Å². The summed E-state index contributed by atoms with van der Waals surface area (Å²) in [6.45, 7) is 4.36. The zero-order chi connectivity index (χ0) is 22.5. The second-order valence-corrected chi connectivity index (χ2v) is 8.07. The minimum atomic E-state index is -0.488. The van der Waals surface area contributed by atoms with Gasteiger partial charge < -0.3 is 4.57 Å². The third-order valence-corrected chi connectivity index (χ3v) is 6.03. The number of nitro benzene ring substituents is 1. The summed E-state index contributed by atoms with van der Waals surface area (Å²) >= 11 is 1.29. The first-order valence-electron chi connectivity index (χ1n) is 9.97. The monoisotopic (exact) mass is 444 g/mol. The topological polar surface area (TPSA) is 90.9 Å². The number of fused-ring (bicyclic) bond motifs is 1. The number of allylic oxidation sites excluding steroid dienone is 1. The third kappa shape index (κ3) is 4.60.